The number of aromatic nitrogens is 2. The number of carboxylic acid groups (broad SMARTS) is 1. The van der Waals surface area contributed by atoms with E-state index >= 15 is 0 Å². The number of benzene rings is 2. The minimum absolute atomic E-state index is 0.0739. The molecule has 1 N–H and O–H groups in total. The number of allylic oxidation sites excluding steroid dienone is 2. The number of piperazine rings is 1. The number of anilines is 1. The van der Waals surface area contributed by atoms with E-state index in [1.807, 2.05) is 43.3 Å². The van der Waals surface area contributed by atoms with Crippen molar-refractivity contribution < 1.29 is 19.2 Å². The van der Waals surface area contributed by atoms with Crippen LogP contribution in [0.4, 0.5) is 5.95 Å². The van der Waals surface area contributed by atoms with Crippen LogP contribution in [0, 0.1) is 0 Å². The average Bonchev–Trinajstić information content (AvgIpc) is 3.40. The molecule has 1 saturated heterocycles. The summed E-state index contributed by atoms with van der Waals surface area (Å²) < 4.78 is 11.3. The SMILES string of the molecule is CC=CC(CC(=O)O)c1ccc(OCc2ccc(CN3CCN(c4noc(C(C)C)n4)CC3)cc2)cc1. The van der Waals surface area contributed by atoms with Gasteiger partial charge in [0.25, 0.3) is 5.95 Å². The lowest BCUT2D eigenvalue weighted by Crippen LogP contribution is -2.46. The molecular weight excluding hydrogens is 468 g/mol. The number of ether oxygens (including phenoxy) is 1. The average molecular weight is 505 g/mol. The summed E-state index contributed by atoms with van der Waals surface area (Å²) in [6.07, 6.45) is 3.88. The summed E-state index contributed by atoms with van der Waals surface area (Å²) in [5.74, 6) is 1.44. The first kappa shape index (κ1) is 26.4. The number of carbonyl (C=O) groups is 1. The third kappa shape index (κ3) is 7.43. The lowest BCUT2D eigenvalue weighted by Gasteiger charge is -2.33. The van der Waals surface area contributed by atoms with Gasteiger partial charge in [0.2, 0.25) is 5.89 Å². The van der Waals surface area contributed by atoms with Gasteiger partial charge in [0.05, 0.1) is 6.42 Å². The summed E-state index contributed by atoms with van der Waals surface area (Å²) in [5.41, 5.74) is 3.35. The van der Waals surface area contributed by atoms with E-state index in [0.29, 0.717) is 18.4 Å². The van der Waals surface area contributed by atoms with Gasteiger partial charge in [-0.1, -0.05) is 62.4 Å². The predicted molar refractivity (Wildman–Crippen MR) is 143 cm³/mol. The zero-order valence-electron chi connectivity index (χ0n) is 21.8. The van der Waals surface area contributed by atoms with E-state index in [9.17, 15) is 4.79 Å². The number of aliphatic carboxylic acids is 1. The van der Waals surface area contributed by atoms with Crippen molar-refractivity contribution in [3.05, 3.63) is 83.3 Å². The minimum Gasteiger partial charge on any atom is -0.489 e. The molecule has 4 rings (SSSR count). The molecule has 0 bridgehead atoms. The molecule has 3 aromatic rings. The summed E-state index contributed by atoms with van der Waals surface area (Å²) in [5, 5.41) is 13.3. The largest absolute Gasteiger partial charge is 0.489 e. The molecule has 0 amide bonds. The molecule has 1 fully saturated rings. The van der Waals surface area contributed by atoms with Gasteiger partial charge >= 0.3 is 5.97 Å². The van der Waals surface area contributed by atoms with Crippen LogP contribution in [0.5, 0.6) is 5.75 Å². The van der Waals surface area contributed by atoms with E-state index < -0.39 is 5.97 Å². The van der Waals surface area contributed by atoms with E-state index in [1.54, 1.807) is 0 Å². The molecule has 8 nitrogen and oxygen atoms in total. The Morgan fingerprint density at radius 1 is 1.05 bits per heavy atom. The zero-order valence-corrected chi connectivity index (χ0v) is 21.8. The predicted octanol–water partition coefficient (Wildman–Crippen LogP) is 5.23. The van der Waals surface area contributed by atoms with Gasteiger partial charge in [-0.15, -0.1) is 0 Å². The highest BCUT2D eigenvalue weighted by atomic mass is 16.5. The van der Waals surface area contributed by atoms with Gasteiger partial charge < -0.3 is 19.3 Å². The van der Waals surface area contributed by atoms with Crippen LogP contribution in [0.3, 0.4) is 0 Å². The van der Waals surface area contributed by atoms with Crippen molar-refractivity contribution in [2.75, 3.05) is 31.1 Å². The normalized spacial score (nSPS) is 15.4. The van der Waals surface area contributed by atoms with Crippen LogP contribution in [0.1, 0.15) is 61.6 Å². The maximum atomic E-state index is 11.1. The second-order valence-corrected chi connectivity index (χ2v) is 9.75. The molecule has 0 aliphatic carbocycles. The zero-order chi connectivity index (χ0) is 26.2. The number of rotatable bonds is 11. The monoisotopic (exact) mass is 504 g/mol. The molecule has 1 aliphatic heterocycles. The van der Waals surface area contributed by atoms with Crippen LogP contribution in [-0.4, -0.2) is 52.3 Å². The number of carboxylic acids is 1. The third-order valence-electron chi connectivity index (χ3n) is 6.54. The Bertz CT molecular complexity index is 1160. The first-order valence-electron chi connectivity index (χ1n) is 12.9. The molecule has 1 aromatic heterocycles. The van der Waals surface area contributed by atoms with Crippen LogP contribution < -0.4 is 9.64 Å². The van der Waals surface area contributed by atoms with Crippen LogP contribution in [0.2, 0.25) is 0 Å². The van der Waals surface area contributed by atoms with Crippen molar-refractivity contribution in [2.45, 2.75) is 52.2 Å². The molecule has 2 heterocycles. The van der Waals surface area contributed by atoms with E-state index in [2.05, 4.69) is 58.1 Å². The van der Waals surface area contributed by atoms with Gasteiger partial charge in [0.1, 0.15) is 12.4 Å². The number of nitrogens with zero attached hydrogens (tertiary/aromatic N) is 4. The van der Waals surface area contributed by atoms with E-state index in [0.717, 1.165) is 49.6 Å². The number of hydrogen-bond acceptors (Lipinski definition) is 7. The van der Waals surface area contributed by atoms with Crippen molar-refractivity contribution >= 4 is 11.9 Å². The van der Waals surface area contributed by atoms with Crippen molar-refractivity contribution in [2.24, 2.45) is 0 Å². The minimum atomic E-state index is -0.807. The molecule has 1 aliphatic rings. The maximum absolute atomic E-state index is 11.1. The molecule has 0 spiro atoms. The second-order valence-electron chi connectivity index (χ2n) is 9.75. The van der Waals surface area contributed by atoms with Crippen LogP contribution in [0.25, 0.3) is 0 Å². The first-order chi connectivity index (χ1) is 17.9. The van der Waals surface area contributed by atoms with Crippen LogP contribution in [0.15, 0.2) is 65.2 Å². The summed E-state index contributed by atoms with van der Waals surface area (Å²) >= 11 is 0. The highest BCUT2D eigenvalue weighted by Gasteiger charge is 2.22. The Morgan fingerprint density at radius 2 is 1.73 bits per heavy atom. The molecule has 0 saturated carbocycles. The first-order valence-corrected chi connectivity index (χ1v) is 12.9. The molecule has 196 valence electrons. The fourth-order valence-electron chi connectivity index (χ4n) is 4.39. The highest BCUT2D eigenvalue weighted by Crippen LogP contribution is 2.24. The standard InChI is InChI=1S/C29H36N4O4/c1-4-5-25(18-27(34)35)24-10-12-26(13-11-24)36-20-23-8-6-22(7-9-23)19-32-14-16-33(17-15-32)29-30-28(21(2)3)37-31-29/h4-13,21,25H,14-20H2,1-3H3,(H,34,35). The van der Waals surface area contributed by atoms with Crippen LogP contribution >= 0.6 is 0 Å². The maximum Gasteiger partial charge on any atom is 0.304 e. The van der Waals surface area contributed by atoms with E-state index in [4.69, 9.17) is 14.4 Å². The van der Waals surface area contributed by atoms with Gasteiger partial charge in [0, 0.05) is 44.6 Å². The Hall–Kier alpha value is -3.65. The van der Waals surface area contributed by atoms with Gasteiger partial charge in [-0.05, 0) is 40.9 Å². The van der Waals surface area contributed by atoms with E-state index in [1.165, 1.54) is 5.56 Å². The lowest BCUT2D eigenvalue weighted by atomic mass is 9.95. The van der Waals surface area contributed by atoms with Crippen LogP contribution in [-0.2, 0) is 17.9 Å². The summed E-state index contributed by atoms with van der Waals surface area (Å²) in [7, 11) is 0. The Labute approximate surface area is 218 Å². The van der Waals surface area contributed by atoms with Crippen molar-refractivity contribution in [3.8, 4) is 5.75 Å². The molecule has 1 atom stereocenters. The van der Waals surface area contributed by atoms with Gasteiger partial charge in [-0.3, -0.25) is 9.69 Å². The third-order valence-corrected chi connectivity index (χ3v) is 6.54. The fourth-order valence-corrected chi connectivity index (χ4v) is 4.39. The summed E-state index contributed by atoms with van der Waals surface area (Å²) in [6.45, 7) is 11.1. The van der Waals surface area contributed by atoms with Gasteiger partial charge in [0.15, 0.2) is 0 Å². The quantitative estimate of drug-likeness (QED) is 0.355. The summed E-state index contributed by atoms with van der Waals surface area (Å²) in [4.78, 5) is 20.3. The molecule has 1 unspecified atom stereocenters. The lowest BCUT2D eigenvalue weighted by molar-refractivity contribution is -0.137. The van der Waals surface area contributed by atoms with Crippen molar-refractivity contribution in [1.82, 2.24) is 15.0 Å². The van der Waals surface area contributed by atoms with E-state index in [-0.39, 0.29) is 18.3 Å². The summed E-state index contributed by atoms with van der Waals surface area (Å²) in [6, 6.07) is 16.2. The molecule has 0 radical (unpaired) electrons. The topological polar surface area (TPSA) is 91.9 Å². The molecule has 2 aromatic carbocycles. The Kier molecular flexibility index (Phi) is 8.95. The Morgan fingerprint density at radius 3 is 2.32 bits per heavy atom. The van der Waals surface area contributed by atoms with Crippen molar-refractivity contribution in [3.63, 3.8) is 0 Å². The highest BCUT2D eigenvalue weighted by molar-refractivity contribution is 5.68. The van der Waals surface area contributed by atoms with Gasteiger partial charge in [-0.2, -0.15) is 4.98 Å². The fraction of sp³-hybridized carbons (Fsp3) is 0.414. The van der Waals surface area contributed by atoms with Gasteiger partial charge in [-0.25, -0.2) is 0 Å². The molecule has 37 heavy (non-hydrogen) atoms. The molecular formula is C29H36N4O4. The second kappa shape index (κ2) is 12.5. The number of hydrogen-bond donors (Lipinski definition) is 1. The smallest absolute Gasteiger partial charge is 0.304 e. The molecule has 8 heteroatoms. The van der Waals surface area contributed by atoms with Crippen molar-refractivity contribution in [1.29, 1.82) is 0 Å². The Balaban J connectivity index is 1.23.